The summed E-state index contributed by atoms with van der Waals surface area (Å²) in [5.41, 5.74) is 4.36. The van der Waals surface area contributed by atoms with Crippen LogP contribution in [0.15, 0.2) is 42.5 Å². The molecule has 0 saturated carbocycles. The van der Waals surface area contributed by atoms with Crippen molar-refractivity contribution < 1.29 is 4.79 Å². The SMILES string of the molecule is Cc1ccc(NC(=O)C2CCCN(c3nc4ccccc4s3)C2)cc1C. The second-order valence-electron chi connectivity index (χ2n) is 7.04. The number of para-hydroxylation sites is 1. The lowest BCUT2D eigenvalue weighted by Crippen LogP contribution is -2.40. The molecule has 1 aliphatic heterocycles. The van der Waals surface area contributed by atoms with Crippen LogP contribution in [0.4, 0.5) is 10.8 Å². The number of fused-ring (bicyclic) bond motifs is 1. The lowest BCUT2D eigenvalue weighted by atomic mass is 9.97. The molecule has 2 heterocycles. The van der Waals surface area contributed by atoms with Crippen LogP contribution in [-0.2, 0) is 4.79 Å². The van der Waals surface area contributed by atoms with Gasteiger partial charge in [-0.05, 0) is 62.1 Å². The van der Waals surface area contributed by atoms with Crippen LogP contribution < -0.4 is 10.2 Å². The minimum Gasteiger partial charge on any atom is -0.347 e. The molecule has 4 nitrogen and oxygen atoms in total. The van der Waals surface area contributed by atoms with Gasteiger partial charge in [-0.3, -0.25) is 4.79 Å². The molecule has 2 aromatic carbocycles. The summed E-state index contributed by atoms with van der Waals surface area (Å²) in [6.07, 6.45) is 1.94. The fourth-order valence-corrected chi connectivity index (χ4v) is 4.42. The third kappa shape index (κ3) is 3.44. The van der Waals surface area contributed by atoms with Crippen LogP contribution in [0.5, 0.6) is 0 Å². The topological polar surface area (TPSA) is 45.2 Å². The molecule has 5 heteroatoms. The van der Waals surface area contributed by atoms with E-state index in [1.165, 1.54) is 15.8 Å². The van der Waals surface area contributed by atoms with Crippen LogP contribution in [0.1, 0.15) is 24.0 Å². The smallest absolute Gasteiger partial charge is 0.229 e. The predicted molar refractivity (Wildman–Crippen MR) is 109 cm³/mol. The molecule has 1 saturated heterocycles. The van der Waals surface area contributed by atoms with Crippen LogP contribution in [0.3, 0.4) is 0 Å². The third-order valence-electron chi connectivity index (χ3n) is 5.12. The summed E-state index contributed by atoms with van der Waals surface area (Å²) >= 11 is 1.71. The summed E-state index contributed by atoms with van der Waals surface area (Å²) < 4.78 is 1.20. The summed E-state index contributed by atoms with van der Waals surface area (Å²) in [6.45, 7) is 5.85. The van der Waals surface area contributed by atoms with E-state index < -0.39 is 0 Å². The number of aromatic nitrogens is 1. The number of nitrogens with zero attached hydrogens (tertiary/aromatic N) is 2. The number of carbonyl (C=O) groups is 1. The van der Waals surface area contributed by atoms with Gasteiger partial charge in [0.1, 0.15) is 0 Å². The first-order chi connectivity index (χ1) is 12.6. The largest absolute Gasteiger partial charge is 0.347 e. The van der Waals surface area contributed by atoms with E-state index in [1.807, 2.05) is 30.3 Å². The molecule has 134 valence electrons. The Kier molecular flexibility index (Phi) is 4.64. The van der Waals surface area contributed by atoms with Crippen molar-refractivity contribution in [2.75, 3.05) is 23.3 Å². The highest BCUT2D eigenvalue weighted by Gasteiger charge is 2.27. The molecule has 1 atom stereocenters. The van der Waals surface area contributed by atoms with E-state index in [1.54, 1.807) is 11.3 Å². The maximum atomic E-state index is 12.8. The zero-order valence-corrected chi connectivity index (χ0v) is 16.0. The van der Waals surface area contributed by atoms with Crippen molar-refractivity contribution in [1.29, 1.82) is 0 Å². The number of rotatable bonds is 3. The van der Waals surface area contributed by atoms with E-state index in [2.05, 4.69) is 36.2 Å². The predicted octanol–water partition coefficient (Wildman–Crippen LogP) is 4.77. The Labute approximate surface area is 157 Å². The van der Waals surface area contributed by atoms with E-state index >= 15 is 0 Å². The molecule has 1 amide bonds. The van der Waals surface area contributed by atoms with Crippen LogP contribution >= 0.6 is 11.3 Å². The van der Waals surface area contributed by atoms with Gasteiger partial charge >= 0.3 is 0 Å². The Hall–Kier alpha value is -2.40. The zero-order valence-electron chi connectivity index (χ0n) is 15.2. The highest BCUT2D eigenvalue weighted by Crippen LogP contribution is 2.31. The van der Waals surface area contributed by atoms with Crippen molar-refractivity contribution in [3.8, 4) is 0 Å². The number of nitrogens with one attached hydrogen (secondary N) is 1. The molecule has 3 aromatic rings. The van der Waals surface area contributed by atoms with Crippen LogP contribution in [0, 0.1) is 19.8 Å². The first kappa shape index (κ1) is 17.0. The highest BCUT2D eigenvalue weighted by atomic mass is 32.1. The summed E-state index contributed by atoms with van der Waals surface area (Å²) in [5, 5.41) is 4.12. The molecule has 0 radical (unpaired) electrons. The zero-order chi connectivity index (χ0) is 18.1. The first-order valence-electron chi connectivity index (χ1n) is 9.09. The molecule has 1 aliphatic rings. The fraction of sp³-hybridized carbons (Fsp3) is 0.333. The maximum Gasteiger partial charge on any atom is 0.229 e. The van der Waals surface area contributed by atoms with Crippen LogP contribution in [-0.4, -0.2) is 24.0 Å². The third-order valence-corrected chi connectivity index (χ3v) is 6.22. The normalized spacial score (nSPS) is 17.5. The average Bonchev–Trinajstić information content (AvgIpc) is 3.09. The summed E-state index contributed by atoms with van der Waals surface area (Å²) in [6, 6.07) is 14.3. The molecule has 1 unspecified atom stereocenters. The number of hydrogen-bond acceptors (Lipinski definition) is 4. The molecular weight excluding hydrogens is 342 g/mol. The molecule has 4 rings (SSSR count). The average molecular weight is 366 g/mol. The Morgan fingerprint density at radius 1 is 1.19 bits per heavy atom. The van der Waals surface area contributed by atoms with E-state index in [0.717, 1.165) is 42.3 Å². The van der Waals surface area contributed by atoms with Gasteiger partial charge in [0.05, 0.1) is 16.1 Å². The molecule has 1 fully saturated rings. The number of amides is 1. The molecule has 1 N–H and O–H groups in total. The van der Waals surface area contributed by atoms with Gasteiger partial charge in [-0.1, -0.05) is 29.5 Å². The van der Waals surface area contributed by atoms with Gasteiger partial charge in [0.25, 0.3) is 0 Å². The Bertz CT molecular complexity index is 916. The monoisotopic (exact) mass is 365 g/mol. The highest BCUT2D eigenvalue weighted by molar-refractivity contribution is 7.22. The fourth-order valence-electron chi connectivity index (χ4n) is 3.42. The van der Waals surface area contributed by atoms with E-state index in [9.17, 15) is 4.79 Å². The van der Waals surface area contributed by atoms with Crippen molar-refractivity contribution >= 4 is 38.3 Å². The van der Waals surface area contributed by atoms with E-state index in [4.69, 9.17) is 4.98 Å². The standard InChI is InChI=1S/C21H23N3OS/c1-14-9-10-17(12-15(14)2)22-20(25)16-6-5-11-24(13-16)21-23-18-7-3-4-8-19(18)26-21/h3-4,7-10,12,16H,5-6,11,13H2,1-2H3,(H,22,25). The minimum absolute atomic E-state index is 0.00243. The van der Waals surface area contributed by atoms with E-state index in [-0.39, 0.29) is 11.8 Å². The lowest BCUT2D eigenvalue weighted by Gasteiger charge is -2.31. The number of hydrogen-bond donors (Lipinski definition) is 1. The number of anilines is 2. The maximum absolute atomic E-state index is 12.8. The molecule has 0 bridgehead atoms. The number of aryl methyl sites for hydroxylation is 2. The molecule has 0 aliphatic carbocycles. The molecular formula is C21H23N3OS. The summed E-state index contributed by atoms with van der Waals surface area (Å²) in [5.74, 6) is 0.108. The van der Waals surface area contributed by atoms with Crippen molar-refractivity contribution in [2.45, 2.75) is 26.7 Å². The van der Waals surface area contributed by atoms with Crippen LogP contribution in [0.25, 0.3) is 10.2 Å². The first-order valence-corrected chi connectivity index (χ1v) is 9.90. The van der Waals surface area contributed by atoms with Crippen molar-refractivity contribution in [2.24, 2.45) is 5.92 Å². The number of benzene rings is 2. The van der Waals surface area contributed by atoms with Crippen LogP contribution in [0.2, 0.25) is 0 Å². The van der Waals surface area contributed by atoms with Crippen molar-refractivity contribution in [1.82, 2.24) is 4.98 Å². The number of piperidine rings is 1. The van der Waals surface area contributed by atoms with Gasteiger partial charge < -0.3 is 10.2 Å². The lowest BCUT2D eigenvalue weighted by molar-refractivity contribution is -0.120. The Balaban J connectivity index is 1.47. The van der Waals surface area contributed by atoms with Gasteiger partial charge in [-0.25, -0.2) is 4.98 Å². The second-order valence-corrected chi connectivity index (χ2v) is 8.05. The Morgan fingerprint density at radius 3 is 2.85 bits per heavy atom. The summed E-state index contributed by atoms with van der Waals surface area (Å²) in [4.78, 5) is 19.8. The van der Waals surface area contributed by atoms with E-state index in [0.29, 0.717) is 0 Å². The minimum atomic E-state index is -0.00243. The molecule has 0 spiro atoms. The van der Waals surface area contributed by atoms with Gasteiger partial charge in [-0.15, -0.1) is 0 Å². The van der Waals surface area contributed by atoms with Gasteiger partial charge in [0, 0.05) is 18.8 Å². The number of carbonyl (C=O) groups excluding carboxylic acids is 1. The van der Waals surface area contributed by atoms with Gasteiger partial charge in [0.2, 0.25) is 5.91 Å². The van der Waals surface area contributed by atoms with Gasteiger partial charge in [-0.2, -0.15) is 0 Å². The molecule has 1 aromatic heterocycles. The van der Waals surface area contributed by atoms with Crippen molar-refractivity contribution in [3.63, 3.8) is 0 Å². The van der Waals surface area contributed by atoms with Gasteiger partial charge in [0.15, 0.2) is 5.13 Å². The number of thiazole rings is 1. The second kappa shape index (κ2) is 7.08. The summed E-state index contributed by atoms with van der Waals surface area (Å²) in [7, 11) is 0. The molecule has 26 heavy (non-hydrogen) atoms. The van der Waals surface area contributed by atoms with Crippen molar-refractivity contribution in [3.05, 3.63) is 53.6 Å². The Morgan fingerprint density at radius 2 is 2.04 bits per heavy atom. The quantitative estimate of drug-likeness (QED) is 0.727.